The minimum Gasteiger partial charge on any atom is -0.387 e. The minimum atomic E-state index is -4.57. The van der Waals surface area contributed by atoms with E-state index >= 15 is 0 Å². The number of nitrogen functional groups attached to an aromatic ring is 1. The SMILES string of the molecule is C[P+](O)(O)O[P+](O)(O)OC[C@H]1O[C@@H](n2cnc3c(N)ncnc32)[C@H](O)[C@@H]1O. The van der Waals surface area contributed by atoms with Crippen LogP contribution in [0.25, 0.3) is 11.2 Å². The molecular formula is C11H19N5O9P2+2. The number of imidazole rings is 1. The maximum Gasteiger partial charge on any atom is 0.615 e. The number of fused-ring (bicyclic) bond motifs is 1. The van der Waals surface area contributed by atoms with Gasteiger partial charge in [0.05, 0.1) is 10.6 Å². The Morgan fingerprint density at radius 1 is 1.19 bits per heavy atom. The van der Waals surface area contributed by atoms with Crippen LogP contribution in [0.4, 0.5) is 5.82 Å². The van der Waals surface area contributed by atoms with E-state index < -0.39 is 47.3 Å². The van der Waals surface area contributed by atoms with E-state index in [0.29, 0.717) is 0 Å². The molecule has 1 aliphatic rings. The minimum absolute atomic E-state index is 0.123. The molecule has 4 atom stereocenters. The van der Waals surface area contributed by atoms with E-state index in [2.05, 4.69) is 19.3 Å². The number of aromatic nitrogens is 4. The number of hydrogen-bond acceptors (Lipinski definition) is 13. The van der Waals surface area contributed by atoms with Gasteiger partial charge in [-0.25, -0.2) is 15.0 Å². The maximum absolute atomic E-state index is 10.3. The molecule has 0 saturated carbocycles. The van der Waals surface area contributed by atoms with Gasteiger partial charge in [0.2, 0.25) is 0 Å². The average Bonchev–Trinajstić information content (AvgIpc) is 3.07. The van der Waals surface area contributed by atoms with Crippen molar-refractivity contribution < 1.29 is 43.4 Å². The molecule has 150 valence electrons. The molecule has 0 aliphatic carbocycles. The van der Waals surface area contributed by atoms with E-state index in [1.54, 1.807) is 0 Å². The molecule has 0 bridgehead atoms. The zero-order valence-corrected chi connectivity index (χ0v) is 15.6. The molecule has 0 unspecified atom stereocenters. The first-order valence-electron chi connectivity index (χ1n) is 7.45. The first kappa shape index (κ1) is 20.6. The predicted molar refractivity (Wildman–Crippen MR) is 91.3 cm³/mol. The largest absolute Gasteiger partial charge is 0.615 e. The molecule has 1 fully saturated rings. The number of nitrogens with two attached hydrogens (primary N) is 1. The molecule has 1 aliphatic heterocycles. The van der Waals surface area contributed by atoms with Gasteiger partial charge in [-0.15, -0.1) is 4.52 Å². The number of anilines is 1. The quantitative estimate of drug-likeness (QED) is 0.251. The number of hydrogen-bond donors (Lipinski definition) is 7. The third-order valence-corrected chi connectivity index (χ3v) is 6.24. The zero-order valence-electron chi connectivity index (χ0n) is 13.8. The van der Waals surface area contributed by atoms with E-state index in [9.17, 15) is 20.0 Å². The maximum atomic E-state index is 10.3. The van der Waals surface area contributed by atoms with Crippen LogP contribution in [-0.2, 0) is 13.6 Å². The second-order valence-corrected chi connectivity index (χ2v) is 9.40. The fourth-order valence-electron chi connectivity index (χ4n) is 2.55. The van der Waals surface area contributed by atoms with Gasteiger partial charge in [-0.05, 0) is 0 Å². The second-order valence-electron chi connectivity index (χ2n) is 5.83. The van der Waals surface area contributed by atoms with Crippen LogP contribution in [0.2, 0.25) is 0 Å². The van der Waals surface area contributed by atoms with Crippen LogP contribution in [-0.4, -0.2) is 80.9 Å². The highest BCUT2D eigenvalue weighted by Gasteiger charge is 2.56. The third kappa shape index (κ3) is 4.47. The molecule has 1 saturated heterocycles. The summed E-state index contributed by atoms with van der Waals surface area (Å²) < 4.78 is 15.9. The molecule has 0 radical (unpaired) electrons. The molecule has 8 N–H and O–H groups in total. The highest BCUT2D eigenvalue weighted by atomic mass is 31.3. The van der Waals surface area contributed by atoms with E-state index in [1.807, 2.05) is 0 Å². The molecule has 27 heavy (non-hydrogen) atoms. The summed E-state index contributed by atoms with van der Waals surface area (Å²) in [6.45, 7) is 0.245. The molecular weight excluding hydrogens is 408 g/mol. The van der Waals surface area contributed by atoms with Crippen molar-refractivity contribution in [3.05, 3.63) is 12.7 Å². The van der Waals surface area contributed by atoms with Crippen LogP contribution >= 0.6 is 16.1 Å². The van der Waals surface area contributed by atoms with Gasteiger partial charge in [-0.1, -0.05) is 0 Å². The first-order chi connectivity index (χ1) is 12.5. The van der Waals surface area contributed by atoms with Gasteiger partial charge in [0.1, 0.15) is 43.4 Å². The lowest BCUT2D eigenvalue weighted by Gasteiger charge is -2.16. The van der Waals surface area contributed by atoms with Gasteiger partial charge in [0, 0.05) is 0 Å². The third-order valence-electron chi connectivity index (χ3n) is 3.67. The number of nitrogens with zero attached hydrogens (tertiary/aromatic N) is 4. The molecule has 3 rings (SSSR count). The topological polar surface area (TPSA) is 219 Å². The molecule has 0 aromatic carbocycles. The number of aliphatic hydroxyl groups is 2. The Hall–Kier alpha value is -1.15. The number of ether oxygens (including phenoxy) is 1. The normalized spacial score (nSPS) is 26.8. The van der Waals surface area contributed by atoms with E-state index in [1.165, 1.54) is 17.2 Å². The summed E-state index contributed by atoms with van der Waals surface area (Å²) in [5.74, 6) is 0.123. The van der Waals surface area contributed by atoms with Crippen molar-refractivity contribution in [3.63, 3.8) is 0 Å². The van der Waals surface area contributed by atoms with Crippen LogP contribution < -0.4 is 5.73 Å². The summed E-state index contributed by atoms with van der Waals surface area (Å²) >= 11 is 0. The molecule has 2 aromatic rings. The van der Waals surface area contributed by atoms with Gasteiger partial charge >= 0.3 is 16.1 Å². The monoisotopic (exact) mass is 427 g/mol. The number of rotatable bonds is 6. The second kappa shape index (κ2) is 7.35. The molecule has 3 heterocycles. The average molecular weight is 427 g/mol. The van der Waals surface area contributed by atoms with Gasteiger partial charge in [-0.3, -0.25) is 4.57 Å². The summed E-state index contributed by atoms with van der Waals surface area (Å²) in [7, 11) is -8.54. The van der Waals surface area contributed by atoms with Crippen molar-refractivity contribution in [2.75, 3.05) is 19.0 Å². The van der Waals surface area contributed by atoms with E-state index in [-0.39, 0.29) is 17.0 Å². The molecule has 14 nitrogen and oxygen atoms in total. The van der Waals surface area contributed by atoms with Crippen molar-refractivity contribution >= 4 is 33.1 Å². The predicted octanol–water partition coefficient (Wildman–Crippen LogP) is -1.90. The summed E-state index contributed by atoms with van der Waals surface area (Å²) in [6, 6.07) is 0. The zero-order chi connectivity index (χ0) is 20.0. The van der Waals surface area contributed by atoms with Crippen molar-refractivity contribution in [1.82, 2.24) is 19.5 Å². The summed E-state index contributed by atoms with van der Waals surface area (Å²) in [5.41, 5.74) is 6.24. The fourth-order valence-corrected chi connectivity index (χ4v) is 4.69. The molecule has 2 aromatic heterocycles. The molecule has 0 amide bonds. The van der Waals surface area contributed by atoms with E-state index in [4.69, 9.17) is 24.8 Å². The van der Waals surface area contributed by atoms with Crippen molar-refractivity contribution in [3.8, 4) is 0 Å². The standard InChI is InChI=1S/C11H19N5O9P2/c1-26(19,20)25-27(21,22)23-2-5-7(17)8(18)11(24-5)16-4-15-6-9(12)13-3-14-10(6)16/h3-5,7-8,11,17-22H,2H2,1H3,(H2,12,13,14)/q+2/t5-,7-,8-,11-/m1/s1. The van der Waals surface area contributed by atoms with Crippen LogP contribution in [0.3, 0.4) is 0 Å². The van der Waals surface area contributed by atoms with Gasteiger partial charge in [0.15, 0.2) is 17.7 Å². The lowest BCUT2D eigenvalue weighted by atomic mass is 10.1. The Morgan fingerprint density at radius 2 is 1.89 bits per heavy atom. The fraction of sp³-hybridized carbons (Fsp3) is 0.545. The van der Waals surface area contributed by atoms with Gasteiger partial charge in [0.25, 0.3) is 0 Å². The smallest absolute Gasteiger partial charge is 0.387 e. The molecule has 0 spiro atoms. The highest BCUT2D eigenvalue weighted by Crippen LogP contribution is 2.67. The van der Waals surface area contributed by atoms with Crippen molar-refractivity contribution in [2.24, 2.45) is 0 Å². The lowest BCUT2D eigenvalue weighted by molar-refractivity contribution is -0.0521. The summed E-state index contributed by atoms with van der Waals surface area (Å²) in [4.78, 5) is 49.3. The van der Waals surface area contributed by atoms with Crippen molar-refractivity contribution in [1.29, 1.82) is 0 Å². The Bertz CT molecular complexity index is 815. The highest BCUT2D eigenvalue weighted by molar-refractivity contribution is 7.70. The summed E-state index contributed by atoms with van der Waals surface area (Å²) in [6.07, 6.45) is -2.70. The Labute approximate surface area is 153 Å². The van der Waals surface area contributed by atoms with Crippen molar-refractivity contribution in [2.45, 2.75) is 24.5 Å². The lowest BCUT2D eigenvalue weighted by Crippen LogP contribution is -2.33. The van der Waals surface area contributed by atoms with Gasteiger partial charge in [-0.2, -0.15) is 19.6 Å². The number of aliphatic hydroxyl groups excluding tert-OH is 2. The Balaban J connectivity index is 1.73. The van der Waals surface area contributed by atoms with Gasteiger partial charge < -0.3 is 20.7 Å². The Morgan fingerprint density at radius 3 is 2.56 bits per heavy atom. The van der Waals surface area contributed by atoms with Crippen LogP contribution in [0.5, 0.6) is 0 Å². The Kier molecular flexibility index (Phi) is 5.60. The van der Waals surface area contributed by atoms with Crippen LogP contribution in [0.1, 0.15) is 6.23 Å². The van der Waals surface area contributed by atoms with Crippen LogP contribution in [0.15, 0.2) is 12.7 Å². The summed E-state index contributed by atoms with van der Waals surface area (Å²) in [5, 5.41) is 20.4. The first-order valence-corrected chi connectivity index (χ1v) is 11.0. The van der Waals surface area contributed by atoms with E-state index in [0.717, 1.165) is 6.66 Å². The van der Waals surface area contributed by atoms with Crippen LogP contribution in [0, 0.1) is 0 Å². The molecule has 16 heteroatoms.